The number of benzene rings is 2. The van der Waals surface area contributed by atoms with Crippen molar-refractivity contribution in [3.8, 4) is 5.75 Å². The first-order valence-corrected chi connectivity index (χ1v) is 9.27. The zero-order valence-electron chi connectivity index (χ0n) is 14.0. The smallest absolute Gasteiger partial charge is 0.243 e. The summed E-state index contributed by atoms with van der Waals surface area (Å²) in [5.41, 5.74) is 1.73. The highest BCUT2D eigenvalue weighted by Gasteiger charge is 2.18. The van der Waals surface area contributed by atoms with Gasteiger partial charge in [-0.1, -0.05) is 38.1 Å². The fourth-order valence-electron chi connectivity index (χ4n) is 2.33. The van der Waals surface area contributed by atoms with Crippen LogP contribution in [0.4, 0.5) is 4.39 Å². The maximum Gasteiger partial charge on any atom is 0.243 e. The van der Waals surface area contributed by atoms with Crippen LogP contribution in [-0.4, -0.2) is 21.6 Å². The van der Waals surface area contributed by atoms with Crippen molar-refractivity contribution >= 4 is 10.0 Å². The van der Waals surface area contributed by atoms with Crippen molar-refractivity contribution in [3.63, 3.8) is 0 Å². The maximum absolute atomic E-state index is 13.8. The van der Waals surface area contributed by atoms with Gasteiger partial charge in [0.1, 0.15) is 23.1 Å². The average Bonchev–Trinajstić information content (AvgIpc) is 2.51. The molecule has 0 aliphatic heterocycles. The fraction of sp³-hybridized carbons (Fsp3) is 0.333. The SMILES string of the molecule is Cc1ccc(S(=O)(=O)NCCOc2ccccc2C(C)C)c(F)c1. The molecule has 2 aromatic rings. The van der Waals surface area contributed by atoms with Crippen molar-refractivity contribution < 1.29 is 17.5 Å². The van der Waals surface area contributed by atoms with Crippen molar-refractivity contribution in [2.24, 2.45) is 0 Å². The lowest BCUT2D eigenvalue weighted by atomic mass is 10.0. The normalized spacial score (nSPS) is 11.7. The van der Waals surface area contributed by atoms with Gasteiger partial charge in [-0.2, -0.15) is 0 Å². The highest BCUT2D eigenvalue weighted by atomic mass is 32.2. The highest BCUT2D eigenvalue weighted by Crippen LogP contribution is 2.25. The van der Waals surface area contributed by atoms with E-state index in [1.54, 1.807) is 13.0 Å². The predicted octanol–water partition coefficient (Wildman–Crippen LogP) is 3.61. The molecule has 0 saturated carbocycles. The number of hydrogen-bond acceptors (Lipinski definition) is 3. The van der Waals surface area contributed by atoms with Crippen LogP contribution in [0.3, 0.4) is 0 Å². The summed E-state index contributed by atoms with van der Waals surface area (Å²) in [7, 11) is -3.89. The number of para-hydroxylation sites is 1. The third-order valence-corrected chi connectivity index (χ3v) is 5.06. The molecular weight excluding hydrogens is 329 g/mol. The van der Waals surface area contributed by atoms with E-state index in [1.807, 2.05) is 24.3 Å². The van der Waals surface area contributed by atoms with Crippen molar-refractivity contribution in [1.29, 1.82) is 0 Å². The molecule has 4 nitrogen and oxygen atoms in total. The molecule has 0 aliphatic carbocycles. The van der Waals surface area contributed by atoms with E-state index in [0.29, 0.717) is 11.5 Å². The molecule has 0 amide bonds. The Hall–Kier alpha value is -1.92. The van der Waals surface area contributed by atoms with E-state index in [4.69, 9.17) is 4.74 Å². The van der Waals surface area contributed by atoms with Crippen LogP contribution in [0, 0.1) is 12.7 Å². The number of sulfonamides is 1. The van der Waals surface area contributed by atoms with Gasteiger partial charge in [0, 0.05) is 6.54 Å². The van der Waals surface area contributed by atoms with Crippen molar-refractivity contribution in [3.05, 3.63) is 59.4 Å². The summed E-state index contributed by atoms with van der Waals surface area (Å²) in [5, 5.41) is 0. The van der Waals surface area contributed by atoms with E-state index >= 15 is 0 Å². The largest absolute Gasteiger partial charge is 0.492 e. The predicted molar refractivity (Wildman–Crippen MR) is 92.4 cm³/mol. The molecule has 0 heterocycles. The second kappa shape index (κ2) is 7.77. The molecule has 0 spiro atoms. The summed E-state index contributed by atoms with van der Waals surface area (Å²) < 4.78 is 46.1. The molecule has 24 heavy (non-hydrogen) atoms. The van der Waals surface area contributed by atoms with E-state index in [0.717, 1.165) is 11.3 Å². The minimum Gasteiger partial charge on any atom is -0.492 e. The third-order valence-electron chi connectivity index (χ3n) is 3.57. The van der Waals surface area contributed by atoms with Gasteiger partial charge in [-0.15, -0.1) is 0 Å². The zero-order chi connectivity index (χ0) is 17.7. The molecule has 130 valence electrons. The van der Waals surface area contributed by atoms with Gasteiger partial charge in [-0.3, -0.25) is 0 Å². The Morgan fingerprint density at radius 1 is 1.17 bits per heavy atom. The fourth-order valence-corrected chi connectivity index (χ4v) is 3.40. The van der Waals surface area contributed by atoms with Gasteiger partial charge < -0.3 is 4.74 Å². The van der Waals surface area contributed by atoms with Crippen LogP contribution in [-0.2, 0) is 10.0 Å². The number of ether oxygens (including phenoxy) is 1. The molecule has 0 atom stereocenters. The summed E-state index contributed by atoms with van der Waals surface area (Å²) in [6.07, 6.45) is 0. The quantitative estimate of drug-likeness (QED) is 0.775. The Morgan fingerprint density at radius 2 is 1.88 bits per heavy atom. The minimum absolute atomic E-state index is 0.0576. The Bertz CT molecular complexity index is 804. The maximum atomic E-state index is 13.8. The zero-order valence-corrected chi connectivity index (χ0v) is 14.9. The van der Waals surface area contributed by atoms with Crippen LogP contribution in [0.15, 0.2) is 47.4 Å². The monoisotopic (exact) mass is 351 g/mol. The van der Waals surface area contributed by atoms with Gasteiger partial charge >= 0.3 is 0 Å². The minimum atomic E-state index is -3.89. The number of nitrogens with one attached hydrogen (secondary N) is 1. The van der Waals surface area contributed by atoms with Crippen molar-refractivity contribution in [2.75, 3.05) is 13.2 Å². The Morgan fingerprint density at radius 3 is 2.54 bits per heavy atom. The van der Waals surface area contributed by atoms with Crippen LogP contribution in [0.2, 0.25) is 0 Å². The van der Waals surface area contributed by atoms with Gasteiger partial charge in [0.25, 0.3) is 0 Å². The summed E-state index contributed by atoms with van der Waals surface area (Å²) in [6.45, 7) is 6.04. The molecule has 0 unspecified atom stereocenters. The van der Waals surface area contributed by atoms with Crippen LogP contribution >= 0.6 is 0 Å². The molecule has 0 radical (unpaired) electrons. The molecule has 2 rings (SSSR count). The van der Waals surface area contributed by atoms with E-state index in [1.165, 1.54) is 12.1 Å². The number of rotatable bonds is 7. The lowest BCUT2D eigenvalue weighted by Gasteiger charge is -2.14. The van der Waals surface area contributed by atoms with Crippen LogP contribution in [0.5, 0.6) is 5.75 Å². The Labute approximate surface area is 142 Å². The summed E-state index contributed by atoms with van der Waals surface area (Å²) in [5.74, 6) is 0.279. The van der Waals surface area contributed by atoms with Crippen molar-refractivity contribution in [1.82, 2.24) is 4.72 Å². The number of aryl methyl sites for hydroxylation is 1. The highest BCUT2D eigenvalue weighted by molar-refractivity contribution is 7.89. The molecular formula is C18H22FNO3S. The average molecular weight is 351 g/mol. The Kier molecular flexibility index (Phi) is 5.96. The van der Waals surface area contributed by atoms with Crippen LogP contribution in [0.1, 0.15) is 30.9 Å². The molecule has 2 aromatic carbocycles. The van der Waals surface area contributed by atoms with Gasteiger partial charge in [-0.05, 0) is 42.2 Å². The summed E-state index contributed by atoms with van der Waals surface area (Å²) in [6, 6.07) is 11.7. The molecule has 0 fully saturated rings. The second-order valence-corrected chi connectivity index (χ2v) is 7.61. The first kappa shape index (κ1) is 18.4. The standard InChI is InChI=1S/C18H22FNO3S/c1-13(2)15-6-4-5-7-17(15)23-11-10-20-24(21,22)18-9-8-14(3)12-16(18)19/h4-9,12-13,20H,10-11H2,1-3H3. The Balaban J connectivity index is 1.97. The van der Waals surface area contributed by atoms with Gasteiger partial charge in [-0.25, -0.2) is 17.5 Å². The van der Waals surface area contributed by atoms with E-state index in [9.17, 15) is 12.8 Å². The molecule has 0 aromatic heterocycles. The summed E-state index contributed by atoms with van der Waals surface area (Å²) >= 11 is 0. The molecule has 1 N–H and O–H groups in total. The number of halogens is 1. The van der Waals surface area contributed by atoms with Crippen LogP contribution in [0.25, 0.3) is 0 Å². The molecule has 0 bridgehead atoms. The molecule has 0 saturated heterocycles. The number of hydrogen-bond donors (Lipinski definition) is 1. The van der Waals surface area contributed by atoms with Gasteiger partial charge in [0.15, 0.2) is 0 Å². The second-order valence-electron chi connectivity index (χ2n) is 5.87. The molecule has 0 aliphatic rings. The lowest BCUT2D eigenvalue weighted by molar-refractivity contribution is 0.318. The first-order valence-electron chi connectivity index (χ1n) is 7.79. The van der Waals surface area contributed by atoms with E-state index < -0.39 is 15.8 Å². The first-order chi connectivity index (χ1) is 11.3. The van der Waals surface area contributed by atoms with E-state index in [-0.39, 0.29) is 18.0 Å². The topological polar surface area (TPSA) is 55.4 Å². The van der Waals surface area contributed by atoms with Crippen LogP contribution < -0.4 is 9.46 Å². The van der Waals surface area contributed by atoms with Crippen molar-refractivity contribution in [2.45, 2.75) is 31.6 Å². The van der Waals surface area contributed by atoms with E-state index in [2.05, 4.69) is 18.6 Å². The molecule has 6 heteroatoms. The van der Waals surface area contributed by atoms with Gasteiger partial charge in [0.05, 0.1) is 0 Å². The summed E-state index contributed by atoms with van der Waals surface area (Å²) in [4.78, 5) is -0.351. The third kappa shape index (κ3) is 4.55. The van der Waals surface area contributed by atoms with Gasteiger partial charge in [0.2, 0.25) is 10.0 Å². The lowest BCUT2D eigenvalue weighted by Crippen LogP contribution is -2.29.